The van der Waals surface area contributed by atoms with Crippen molar-refractivity contribution in [1.82, 2.24) is 0 Å². The lowest BCUT2D eigenvalue weighted by molar-refractivity contribution is 0.0993. The molecule has 2 heteroatoms. The largest absolute Gasteiger partial charge is 0.491 e. The predicted octanol–water partition coefficient (Wildman–Crippen LogP) is 5.20. The van der Waals surface area contributed by atoms with Crippen molar-refractivity contribution in [2.75, 3.05) is 0 Å². The molecule has 0 aliphatic carbocycles. The summed E-state index contributed by atoms with van der Waals surface area (Å²) in [5.74, 6) is 0.950. The molecule has 2 rings (SSSR count). The van der Waals surface area contributed by atoms with Crippen LogP contribution in [0.3, 0.4) is 0 Å². The Hall–Kier alpha value is -2.09. The summed E-state index contributed by atoms with van der Waals surface area (Å²) in [6, 6.07) is 15.7. The van der Waals surface area contributed by atoms with Crippen molar-refractivity contribution < 1.29 is 9.53 Å². The highest BCUT2D eigenvalue weighted by Crippen LogP contribution is 2.23. The van der Waals surface area contributed by atoms with Gasteiger partial charge in [-0.05, 0) is 48.6 Å². The van der Waals surface area contributed by atoms with Crippen LogP contribution in [0.2, 0.25) is 0 Å². The number of carbonyl (C=O) groups excluding carboxylic acids is 1. The summed E-state index contributed by atoms with van der Waals surface area (Å²) in [4.78, 5) is 12.6. The van der Waals surface area contributed by atoms with Crippen LogP contribution < -0.4 is 4.74 Å². The van der Waals surface area contributed by atoms with Gasteiger partial charge in [-0.15, -0.1) is 0 Å². The number of ether oxygens (including phenoxy) is 1. The van der Waals surface area contributed by atoms with E-state index in [1.54, 1.807) is 0 Å². The summed E-state index contributed by atoms with van der Waals surface area (Å²) >= 11 is 0. The van der Waals surface area contributed by atoms with Gasteiger partial charge in [-0.1, -0.05) is 51.1 Å². The van der Waals surface area contributed by atoms with Crippen molar-refractivity contribution in [3.05, 3.63) is 65.2 Å². The zero-order valence-corrected chi connectivity index (χ0v) is 14.7. The molecule has 2 aromatic carbocycles. The van der Waals surface area contributed by atoms with E-state index in [0.29, 0.717) is 6.42 Å². The first-order valence-electron chi connectivity index (χ1n) is 8.15. The van der Waals surface area contributed by atoms with Gasteiger partial charge in [0.1, 0.15) is 5.75 Å². The Balaban J connectivity index is 2.16. The summed E-state index contributed by atoms with van der Waals surface area (Å²) in [5.41, 5.74) is 2.98. The van der Waals surface area contributed by atoms with Crippen molar-refractivity contribution in [1.29, 1.82) is 0 Å². The Kier molecular flexibility index (Phi) is 5.25. The fourth-order valence-corrected chi connectivity index (χ4v) is 2.45. The first kappa shape index (κ1) is 17.3. The molecule has 0 aliphatic heterocycles. The van der Waals surface area contributed by atoms with Crippen LogP contribution in [0.1, 0.15) is 56.1 Å². The van der Waals surface area contributed by atoms with Gasteiger partial charge in [0.2, 0.25) is 0 Å². The smallest absolute Gasteiger partial charge is 0.167 e. The van der Waals surface area contributed by atoms with E-state index in [1.807, 2.05) is 56.3 Å². The van der Waals surface area contributed by atoms with E-state index >= 15 is 0 Å². The highest BCUT2D eigenvalue weighted by molar-refractivity contribution is 5.97. The molecule has 0 unspecified atom stereocenters. The molecule has 0 atom stereocenters. The molecule has 0 heterocycles. The standard InChI is InChI=1S/C21H26O2/c1-15(2)23-19-11-6-8-16(12-19)13-20(22)17-9-7-10-18(14-17)21(3,4)5/h6-12,14-15H,13H2,1-5H3. The molecule has 0 saturated carbocycles. The molecular weight excluding hydrogens is 284 g/mol. The van der Waals surface area contributed by atoms with Crippen molar-refractivity contribution in [2.45, 2.75) is 52.6 Å². The molecule has 2 aromatic rings. The van der Waals surface area contributed by atoms with Gasteiger partial charge in [0.15, 0.2) is 5.78 Å². The number of benzene rings is 2. The van der Waals surface area contributed by atoms with Gasteiger partial charge in [0, 0.05) is 12.0 Å². The van der Waals surface area contributed by atoms with E-state index in [2.05, 4.69) is 26.8 Å². The summed E-state index contributed by atoms with van der Waals surface area (Å²) < 4.78 is 5.69. The quantitative estimate of drug-likeness (QED) is 0.710. The Bertz CT molecular complexity index is 678. The summed E-state index contributed by atoms with van der Waals surface area (Å²) in [7, 11) is 0. The van der Waals surface area contributed by atoms with Crippen LogP contribution in [0.4, 0.5) is 0 Å². The molecule has 0 N–H and O–H groups in total. The van der Waals surface area contributed by atoms with Crippen molar-refractivity contribution >= 4 is 5.78 Å². The van der Waals surface area contributed by atoms with Crippen LogP contribution in [0.15, 0.2) is 48.5 Å². The summed E-state index contributed by atoms with van der Waals surface area (Å²) in [6.07, 6.45) is 0.521. The van der Waals surface area contributed by atoms with Crippen molar-refractivity contribution in [2.24, 2.45) is 0 Å². The van der Waals surface area contributed by atoms with Crippen molar-refractivity contribution in [3.8, 4) is 5.75 Å². The maximum atomic E-state index is 12.6. The van der Waals surface area contributed by atoms with Crippen molar-refractivity contribution in [3.63, 3.8) is 0 Å². The van der Waals surface area contributed by atoms with E-state index < -0.39 is 0 Å². The fourth-order valence-electron chi connectivity index (χ4n) is 2.45. The first-order chi connectivity index (χ1) is 10.8. The summed E-state index contributed by atoms with van der Waals surface area (Å²) in [6.45, 7) is 10.5. The molecule has 0 bridgehead atoms. The third-order valence-corrected chi connectivity index (χ3v) is 3.69. The first-order valence-corrected chi connectivity index (χ1v) is 8.15. The highest BCUT2D eigenvalue weighted by Gasteiger charge is 2.16. The van der Waals surface area contributed by atoms with E-state index in [0.717, 1.165) is 16.9 Å². The molecule has 0 saturated heterocycles. The Labute approximate surface area is 139 Å². The molecule has 0 fully saturated rings. The Morgan fingerprint density at radius 2 is 1.74 bits per heavy atom. The van der Waals surface area contributed by atoms with Crippen LogP contribution in [-0.2, 0) is 11.8 Å². The predicted molar refractivity (Wildman–Crippen MR) is 95.4 cm³/mol. The van der Waals surface area contributed by atoms with Crippen LogP contribution in [0.5, 0.6) is 5.75 Å². The molecule has 0 radical (unpaired) electrons. The van der Waals surface area contributed by atoms with Gasteiger partial charge in [0.05, 0.1) is 6.10 Å². The lowest BCUT2D eigenvalue weighted by Gasteiger charge is -2.19. The third kappa shape index (κ3) is 4.95. The van der Waals surface area contributed by atoms with E-state index in [1.165, 1.54) is 5.56 Å². The molecular formula is C21H26O2. The molecule has 0 aliphatic rings. The number of ketones is 1. The van der Waals surface area contributed by atoms with Gasteiger partial charge in [0.25, 0.3) is 0 Å². The van der Waals surface area contributed by atoms with Gasteiger partial charge in [-0.3, -0.25) is 4.79 Å². The second kappa shape index (κ2) is 6.99. The van der Waals surface area contributed by atoms with E-state index in [4.69, 9.17) is 4.74 Å². The molecule has 23 heavy (non-hydrogen) atoms. The van der Waals surface area contributed by atoms with E-state index in [-0.39, 0.29) is 17.3 Å². The number of hydrogen-bond acceptors (Lipinski definition) is 2. The van der Waals surface area contributed by atoms with Gasteiger partial charge in [-0.2, -0.15) is 0 Å². The average Bonchev–Trinajstić information content (AvgIpc) is 2.46. The minimum atomic E-state index is 0.0430. The van der Waals surface area contributed by atoms with Gasteiger partial charge >= 0.3 is 0 Å². The lowest BCUT2D eigenvalue weighted by Crippen LogP contribution is -2.13. The third-order valence-electron chi connectivity index (χ3n) is 3.69. The molecule has 122 valence electrons. The maximum Gasteiger partial charge on any atom is 0.167 e. The monoisotopic (exact) mass is 310 g/mol. The normalized spacial score (nSPS) is 11.6. The van der Waals surface area contributed by atoms with Gasteiger partial charge in [-0.25, -0.2) is 0 Å². The average molecular weight is 310 g/mol. The van der Waals surface area contributed by atoms with E-state index in [9.17, 15) is 4.79 Å². The van der Waals surface area contributed by atoms with Crippen LogP contribution in [0, 0.1) is 0 Å². The fraction of sp³-hybridized carbons (Fsp3) is 0.381. The van der Waals surface area contributed by atoms with Crippen LogP contribution in [-0.4, -0.2) is 11.9 Å². The number of carbonyl (C=O) groups is 1. The topological polar surface area (TPSA) is 26.3 Å². The number of hydrogen-bond donors (Lipinski definition) is 0. The second-order valence-electron chi connectivity index (χ2n) is 7.24. The maximum absolute atomic E-state index is 12.6. The highest BCUT2D eigenvalue weighted by atomic mass is 16.5. The van der Waals surface area contributed by atoms with Crippen LogP contribution in [0.25, 0.3) is 0 Å². The molecule has 0 aromatic heterocycles. The Morgan fingerprint density at radius 1 is 1.04 bits per heavy atom. The molecule has 2 nitrogen and oxygen atoms in total. The zero-order valence-electron chi connectivity index (χ0n) is 14.7. The summed E-state index contributed by atoms with van der Waals surface area (Å²) in [5, 5.41) is 0. The minimum Gasteiger partial charge on any atom is -0.491 e. The minimum absolute atomic E-state index is 0.0430. The molecule has 0 amide bonds. The number of rotatable bonds is 5. The van der Waals surface area contributed by atoms with Crippen LogP contribution >= 0.6 is 0 Å². The van der Waals surface area contributed by atoms with Gasteiger partial charge < -0.3 is 4.74 Å². The lowest BCUT2D eigenvalue weighted by atomic mass is 9.85. The molecule has 0 spiro atoms. The zero-order chi connectivity index (χ0) is 17.0. The SMILES string of the molecule is CC(C)Oc1cccc(CC(=O)c2cccc(C(C)(C)C)c2)c1. The number of Topliss-reactive ketones (excluding diaryl/α,β-unsaturated/α-hetero) is 1. The second-order valence-corrected chi connectivity index (χ2v) is 7.24. The Morgan fingerprint density at radius 3 is 2.39 bits per heavy atom.